The molecule has 202 valence electrons. The Hall–Kier alpha value is -3.25. The van der Waals surface area contributed by atoms with E-state index in [1.165, 1.54) is 24.3 Å². The summed E-state index contributed by atoms with van der Waals surface area (Å²) in [6.45, 7) is 2.28. The van der Waals surface area contributed by atoms with Crippen molar-refractivity contribution in [2.45, 2.75) is 30.6 Å². The van der Waals surface area contributed by atoms with Crippen molar-refractivity contribution in [2.75, 3.05) is 24.7 Å². The summed E-state index contributed by atoms with van der Waals surface area (Å²) in [6, 6.07) is 19.1. The first kappa shape index (κ1) is 29.3. The van der Waals surface area contributed by atoms with Gasteiger partial charge >= 0.3 is 0 Å². The Morgan fingerprint density at radius 2 is 1.87 bits per heavy atom. The molecular weight excluding hydrogens is 576 g/mol. The highest BCUT2D eigenvalue weighted by Crippen LogP contribution is 2.27. The zero-order chi connectivity index (χ0) is 27.7. The van der Waals surface area contributed by atoms with E-state index >= 15 is 0 Å². The number of rotatable bonds is 8. The van der Waals surface area contributed by atoms with E-state index in [2.05, 4.69) is 26.1 Å². The van der Waals surface area contributed by atoms with Crippen LogP contribution in [0, 0.1) is 0 Å². The number of amides is 1. The van der Waals surface area contributed by atoms with E-state index < -0.39 is 9.84 Å². The van der Waals surface area contributed by atoms with Gasteiger partial charge in [0.15, 0.2) is 9.84 Å². The molecule has 1 amide bonds. The van der Waals surface area contributed by atoms with Crippen LogP contribution < -0.4 is 10.1 Å². The largest absolute Gasteiger partial charge is 0.489 e. The van der Waals surface area contributed by atoms with E-state index in [0.717, 1.165) is 40.6 Å². The molecule has 1 aliphatic heterocycles. The summed E-state index contributed by atoms with van der Waals surface area (Å²) in [5.74, 6) is 0.445. The minimum absolute atomic E-state index is 0.168. The average molecular weight is 606 g/mol. The van der Waals surface area contributed by atoms with Gasteiger partial charge in [-0.1, -0.05) is 28.1 Å². The zero-order valence-corrected chi connectivity index (χ0v) is 23.1. The highest BCUT2D eigenvalue weighted by molar-refractivity contribution is 9.10. The molecule has 0 saturated carbocycles. The number of anilines is 1. The van der Waals surface area contributed by atoms with Gasteiger partial charge in [0.05, 0.1) is 11.0 Å². The maximum atomic E-state index is 12.6. The number of aliphatic hydroxyl groups excluding tert-OH is 1. The summed E-state index contributed by atoms with van der Waals surface area (Å²) < 4.78 is 30.3. The second-order valence-corrected chi connectivity index (χ2v) is 11.7. The summed E-state index contributed by atoms with van der Waals surface area (Å²) in [4.78, 5) is 23.3. The number of aliphatic hydroxyl groups is 1. The molecule has 0 unspecified atom stereocenters. The van der Waals surface area contributed by atoms with Crippen LogP contribution in [0.25, 0.3) is 0 Å². The number of halogens is 1. The maximum absolute atomic E-state index is 12.6. The minimum atomic E-state index is -3.32. The number of β-amino-alcohol motifs (C(OH)–C–C–N with tert-alkyl or cyclic N) is 1. The Labute approximate surface area is 230 Å². The van der Waals surface area contributed by atoms with Crippen molar-refractivity contribution in [3.05, 3.63) is 87.9 Å². The first-order chi connectivity index (χ1) is 18.1. The van der Waals surface area contributed by atoms with Crippen LogP contribution in [0.3, 0.4) is 0 Å². The molecular formula is C27H29BrN2O7S. The van der Waals surface area contributed by atoms with Gasteiger partial charge in [0.25, 0.3) is 12.4 Å². The molecule has 0 radical (unpaired) electrons. The predicted molar refractivity (Wildman–Crippen MR) is 147 cm³/mol. The third kappa shape index (κ3) is 8.66. The molecule has 11 heteroatoms. The maximum Gasteiger partial charge on any atom is 0.290 e. The first-order valence-corrected chi connectivity index (χ1v) is 14.4. The topological polar surface area (TPSA) is 133 Å². The quantitative estimate of drug-likeness (QED) is 0.329. The second-order valence-electron chi connectivity index (χ2n) is 8.77. The van der Waals surface area contributed by atoms with Gasteiger partial charge in [-0.05, 0) is 66.6 Å². The van der Waals surface area contributed by atoms with Crippen molar-refractivity contribution >= 4 is 43.8 Å². The fraction of sp³-hybridized carbons (Fsp3) is 0.259. The van der Waals surface area contributed by atoms with Gasteiger partial charge < -0.3 is 20.3 Å². The molecule has 1 aliphatic rings. The highest BCUT2D eigenvalue weighted by atomic mass is 79.9. The second kappa shape index (κ2) is 13.5. The molecule has 3 N–H and O–H groups in total. The number of hydrogen-bond donors (Lipinski definition) is 3. The standard InChI is InChI=1S/C26H27BrN2O5S.CH2O2/c1-35(32,33)24-8-5-19(6-9-24)26(31)28-22-4-2-3-18(13-22)17-34-25-10-7-21(27)14-20(25)15-29-12-11-23(30)16-29;2-1-3/h2-10,13-14,23,30H,11-12,15-17H2,1H3,(H,28,31);1H,(H,2,3)/t23-;/m0./s1. The smallest absolute Gasteiger partial charge is 0.290 e. The van der Waals surface area contributed by atoms with Crippen LogP contribution in [0.5, 0.6) is 5.75 Å². The summed E-state index contributed by atoms with van der Waals surface area (Å²) in [7, 11) is -3.32. The van der Waals surface area contributed by atoms with Crippen molar-refractivity contribution in [3.63, 3.8) is 0 Å². The van der Waals surface area contributed by atoms with Crippen LogP contribution in [0.15, 0.2) is 76.1 Å². The molecule has 1 heterocycles. The van der Waals surface area contributed by atoms with Gasteiger partial charge in [-0.25, -0.2) is 8.42 Å². The van der Waals surface area contributed by atoms with Gasteiger partial charge in [-0.2, -0.15) is 0 Å². The fourth-order valence-corrected chi connectivity index (χ4v) is 5.00. The molecule has 0 aromatic heterocycles. The number of ether oxygens (including phenoxy) is 1. The SMILES string of the molecule is CS(=O)(=O)c1ccc(C(=O)Nc2cccc(COc3ccc(Br)cc3CN3CC[C@H](O)C3)c2)cc1.O=CO. The molecule has 9 nitrogen and oxygen atoms in total. The normalized spacial score (nSPS) is 15.3. The Morgan fingerprint density at radius 1 is 1.16 bits per heavy atom. The number of nitrogens with one attached hydrogen (secondary N) is 1. The Kier molecular flexibility index (Phi) is 10.4. The first-order valence-electron chi connectivity index (χ1n) is 11.7. The number of hydrogen-bond acceptors (Lipinski definition) is 7. The number of carboxylic acid groups (broad SMARTS) is 1. The van der Waals surface area contributed by atoms with Crippen molar-refractivity contribution in [3.8, 4) is 5.75 Å². The van der Waals surface area contributed by atoms with Gasteiger partial charge in [-0.3, -0.25) is 14.5 Å². The van der Waals surface area contributed by atoms with Gasteiger partial charge in [0.2, 0.25) is 0 Å². The van der Waals surface area contributed by atoms with Crippen LogP contribution in [-0.2, 0) is 27.8 Å². The number of sulfone groups is 1. The Balaban J connectivity index is 0.00000127. The van der Waals surface area contributed by atoms with Gasteiger partial charge in [0, 0.05) is 47.2 Å². The fourth-order valence-electron chi connectivity index (χ4n) is 3.97. The molecule has 3 aromatic rings. The number of likely N-dealkylation sites (tertiary alicyclic amines) is 1. The van der Waals surface area contributed by atoms with Crippen molar-refractivity contribution in [1.82, 2.24) is 4.90 Å². The number of nitrogens with zero attached hydrogens (tertiary/aromatic N) is 1. The van der Waals surface area contributed by atoms with Crippen molar-refractivity contribution in [2.24, 2.45) is 0 Å². The monoisotopic (exact) mass is 604 g/mol. The van der Waals surface area contributed by atoms with Crippen LogP contribution in [0.1, 0.15) is 27.9 Å². The summed E-state index contributed by atoms with van der Waals surface area (Å²) in [5.41, 5.74) is 2.91. The van der Waals surface area contributed by atoms with Crippen LogP contribution in [-0.4, -0.2) is 61.4 Å². The number of benzene rings is 3. The van der Waals surface area contributed by atoms with E-state index in [1.54, 1.807) is 6.07 Å². The molecule has 0 bridgehead atoms. The molecule has 3 aromatic carbocycles. The number of carbonyl (C=O) groups excluding carboxylic acids is 1. The molecule has 0 spiro atoms. The Morgan fingerprint density at radius 3 is 2.50 bits per heavy atom. The van der Waals surface area contributed by atoms with E-state index in [-0.39, 0.29) is 23.4 Å². The zero-order valence-electron chi connectivity index (χ0n) is 20.7. The van der Waals surface area contributed by atoms with Gasteiger partial charge in [-0.15, -0.1) is 0 Å². The Bertz CT molecular complexity index is 1360. The third-order valence-corrected chi connectivity index (χ3v) is 7.41. The average Bonchev–Trinajstić information content (AvgIpc) is 3.28. The van der Waals surface area contributed by atoms with E-state index in [4.69, 9.17) is 14.6 Å². The molecule has 1 atom stereocenters. The summed E-state index contributed by atoms with van der Waals surface area (Å²) >= 11 is 3.53. The van der Waals surface area contributed by atoms with Crippen molar-refractivity contribution < 1.29 is 33.0 Å². The number of carbonyl (C=O) groups is 2. The molecule has 38 heavy (non-hydrogen) atoms. The minimum Gasteiger partial charge on any atom is -0.489 e. The van der Waals surface area contributed by atoms with E-state index in [0.29, 0.717) is 30.9 Å². The highest BCUT2D eigenvalue weighted by Gasteiger charge is 2.21. The van der Waals surface area contributed by atoms with Crippen LogP contribution in [0.2, 0.25) is 0 Å². The molecule has 0 aliphatic carbocycles. The lowest BCUT2D eigenvalue weighted by Gasteiger charge is -2.18. The van der Waals surface area contributed by atoms with Crippen LogP contribution >= 0.6 is 15.9 Å². The summed E-state index contributed by atoms with van der Waals surface area (Å²) in [5, 5.41) is 19.6. The van der Waals surface area contributed by atoms with Crippen molar-refractivity contribution in [1.29, 1.82) is 0 Å². The predicted octanol–water partition coefficient (Wildman–Crippen LogP) is 3.95. The van der Waals surface area contributed by atoms with Gasteiger partial charge in [0.1, 0.15) is 12.4 Å². The molecule has 4 rings (SSSR count). The lowest BCUT2D eigenvalue weighted by Crippen LogP contribution is -2.21. The van der Waals surface area contributed by atoms with Crippen LogP contribution in [0.4, 0.5) is 5.69 Å². The third-order valence-electron chi connectivity index (χ3n) is 5.79. The molecule has 1 fully saturated rings. The van der Waals surface area contributed by atoms with E-state index in [9.17, 15) is 18.3 Å². The molecule has 1 saturated heterocycles. The lowest BCUT2D eigenvalue weighted by molar-refractivity contribution is -0.122. The van der Waals surface area contributed by atoms with E-state index in [1.807, 2.05) is 36.4 Å². The summed E-state index contributed by atoms with van der Waals surface area (Å²) in [6.07, 6.45) is 1.64. The lowest BCUT2D eigenvalue weighted by atomic mass is 10.1.